The first-order chi connectivity index (χ1) is 6.36. The number of anilines is 1. The van der Waals surface area contributed by atoms with Gasteiger partial charge in [0.2, 0.25) is 5.76 Å². The van der Waals surface area contributed by atoms with Crippen LogP contribution in [0.25, 0.3) is 0 Å². The van der Waals surface area contributed by atoms with Gasteiger partial charge in [0.1, 0.15) is 5.82 Å². The molecule has 0 aromatic carbocycles. The quantitative estimate of drug-likeness (QED) is 0.786. The summed E-state index contributed by atoms with van der Waals surface area (Å²) < 4.78 is 4.80. The molecule has 66 valence electrons. The zero-order valence-electron chi connectivity index (χ0n) is 6.43. The molecular formula is C7H5N3O2S. The molecule has 6 heteroatoms. The topological polar surface area (TPSA) is 68.0 Å². The lowest BCUT2D eigenvalue weighted by atomic mass is 10.5. The minimum Gasteiger partial charge on any atom is -0.438 e. The van der Waals surface area contributed by atoms with Gasteiger partial charge in [-0.15, -0.1) is 11.3 Å². The summed E-state index contributed by atoms with van der Waals surface area (Å²) >= 11 is 1.41. The van der Waals surface area contributed by atoms with E-state index >= 15 is 0 Å². The Morgan fingerprint density at radius 1 is 1.62 bits per heavy atom. The number of carbonyl (C=O) groups excluding carboxylic acids is 1. The Hall–Kier alpha value is -1.69. The Bertz CT molecular complexity index is 382. The third-order valence-corrected chi connectivity index (χ3v) is 1.92. The van der Waals surface area contributed by atoms with Crippen molar-refractivity contribution in [3.05, 3.63) is 29.2 Å². The first-order valence-electron chi connectivity index (χ1n) is 3.44. The molecule has 0 saturated carbocycles. The van der Waals surface area contributed by atoms with Gasteiger partial charge in [-0.25, -0.2) is 9.97 Å². The second kappa shape index (κ2) is 3.36. The van der Waals surface area contributed by atoms with Crippen molar-refractivity contribution in [1.82, 2.24) is 9.97 Å². The maximum absolute atomic E-state index is 11.3. The molecule has 13 heavy (non-hydrogen) atoms. The molecule has 0 aliphatic heterocycles. The molecule has 0 bridgehead atoms. The number of thiazole rings is 1. The molecule has 0 aliphatic carbocycles. The van der Waals surface area contributed by atoms with Crippen molar-refractivity contribution >= 4 is 23.1 Å². The number of amides is 1. The van der Waals surface area contributed by atoms with Gasteiger partial charge in [0.05, 0.1) is 11.7 Å². The number of rotatable bonds is 2. The van der Waals surface area contributed by atoms with Crippen LogP contribution < -0.4 is 5.32 Å². The van der Waals surface area contributed by atoms with E-state index in [0.717, 1.165) is 0 Å². The number of hydrogen-bond acceptors (Lipinski definition) is 5. The van der Waals surface area contributed by atoms with Crippen molar-refractivity contribution in [1.29, 1.82) is 0 Å². The second-order valence-corrected chi connectivity index (χ2v) is 2.91. The fourth-order valence-corrected chi connectivity index (χ4v) is 1.26. The lowest BCUT2D eigenvalue weighted by Crippen LogP contribution is -2.10. The standard InChI is InChI=1S/C7H5N3O2S/c11-7(5-1-8-3-12-5)10-6-2-13-4-9-6/h1-4H,(H,10,11). The van der Waals surface area contributed by atoms with Crippen LogP contribution in [0.1, 0.15) is 10.6 Å². The molecule has 0 radical (unpaired) electrons. The van der Waals surface area contributed by atoms with Crippen molar-refractivity contribution in [2.24, 2.45) is 0 Å². The predicted molar refractivity (Wildman–Crippen MR) is 46.6 cm³/mol. The highest BCUT2D eigenvalue weighted by atomic mass is 32.1. The molecule has 2 rings (SSSR count). The van der Waals surface area contributed by atoms with Crippen molar-refractivity contribution in [2.75, 3.05) is 5.32 Å². The summed E-state index contributed by atoms with van der Waals surface area (Å²) in [7, 11) is 0. The van der Waals surface area contributed by atoms with Crippen molar-refractivity contribution in [3.8, 4) is 0 Å². The van der Waals surface area contributed by atoms with Crippen LogP contribution in [0.3, 0.4) is 0 Å². The highest BCUT2D eigenvalue weighted by molar-refractivity contribution is 7.07. The molecule has 2 aromatic heterocycles. The van der Waals surface area contributed by atoms with E-state index in [9.17, 15) is 4.79 Å². The van der Waals surface area contributed by atoms with E-state index in [2.05, 4.69) is 15.3 Å². The highest BCUT2D eigenvalue weighted by Gasteiger charge is 2.09. The molecule has 5 nitrogen and oxygen atoms in total. The third kappa shape index (κ3) is 1.73. The number of hydrogen-bond donors (Lipinski definition) is 1. The molecule has 2 heterocycles. The molecule has 0 spiro atoms. The van der Waals surface area contributed by atoms with E-state index in [1.165, 1.54) is 23.9 Å². The summed E-state index contributed by atoms with van der Waals surface area (Å²) in [6.45, 7) is 0. The molecule has 0 fully saturated rings. The number of nitrogens with zero attached hydrogens (tertiary/aromatic N) is 2. The average Bonchev–Trinajstić information content (AvgIpc) is 2.74. The number of oxazole rings is 1. The van der Waals surface area contributed by atoms with Gasteiger partial charge in [0, 0.05) is 5.38 Å². The van der Waals surface area contributed by atoms with Gasteiger partial charge in [0.15, 0.2) is 6.39 Å². The largest absolute Gasteiger partial charge is 0.438 e. The first kappa shape index (κ1) is 7.93. The van der Waals surface area contributed by atoms with Gasteiger partial charge in [-0.3, -0.25) is 4.79 Å². The molecule has 1 N–H and O–H groups in total. The molecule has 0 aliphatic rings. The zero-order valence-corrected chi connectivity index (χ0v) is 7.25. The second-order valence-electron chi connectivity index (χ2n) is 2.19. The molecule has 2 aromatic rings. The van der Waals surface area contributed by atoms with Crippen molar-refractivity contribution in [3.63, 3.8) is 0 Å². The maximum atomic E-state index is 11.3. The van der Waals surface area contributed by atoms with E-state index < -0.39 is 0 Å². The minimum atomic E-state index is -0.344. The third-order valence-electron chi connectivity index (χ3n) is 1.33. The van der Waals surface area contributed by atoms with Crippen LogP contribution in [0.5, 0.6) is 0 Å². The van der Waals surface area contributed by atoms with Crippen LogP contribution in [0, 0.1) is 0 Å². The van der Waals surface area contributed by atoms with E-state index in [0.29, 0.717) is 5.82 Å². The van der Waals surface area contributed by atoms with Crippen LogP contribution in [-0.4, -0.2) is 15.9 Å². The van der Waals surface area contributed by atoms with Gasteiger partial charge in [-0.05, 0) is 0 Å². The Morgan fingerprint density at radius 3 is 3.15 bits per heavy atom. The fraction of sp³-hybridized carbons (Fsp3) is 0. The van der Waals surface area contributed by atoms with Crippen molar-refractivity contribution in [2.45, 2.75) is 0 Å². The van der Waals surface area contributed by atoms with Gasteiger partial charge >= 0.3 is 0 Å². The Morgan fingerprint density at radius 2 is 2.54 bits per heavy atom. The predicted octanol–water partition coefficient (Wildman–Crippen LogP) is 1.38. The summed E-state index contributed by atoms with van der Waals surface area (Å²) in [5.41, 5.74) is 1.63. The zero-order chi connectivity index (χ0) is 9.10. The van der Waals surface area contributed by atoms with E-state index in [1.54, 1.807) is 10.9 Å². The molecule has 0 saturated heterocycles. The fourth-order valence-electron chi connectivity index (χ4n) is 0.780. The maximum Gasteiger partial charge on any atom is 0.294 e. The smallest absolute Gasteiger partial charge is 0.294 e. The van der Waals surface area contributed by atoms with E-state index in [4.69, 9.17) is 4.42 Å². The van der Waals surface area contributed by atoms with Crippen LogP contribution in [-0.2, 0) is 0 Å². The van der Waals surface area contributed by atoms with E-state index in [-0.39, 0.29) is 11.7 Å². The molecule has 0 atom stereocenters. The van der Waals surface area contributed by atoms with Crippen LogP contribution in [0.15, 0.2) is 27.9 Å². The molecular weight excluding hydrogens is 190 g/mol. The lowest BCUT2D eigenvalue weighted by Gasteiger charge is -1.95. The van der Waals surface area contributed by atoms with Gasteiger partial charge in [-0.1, -0.05) is 0 Å². The first-order valence-corrected chi connectivity index (χ1v) is 4.38. The van der Waals surface area contributed by atoms with Crippen LogP contribution in [0.4, 0.5) is 5.82 Å². The number of nitrogens with one attached hydrogen (secondary N) is 1. The highest BCUT2D eigenvalue weighted by Crippen LogP contribution is 2.08. The van der Waals surface area contributed by atoms with Crippen LogP contribution >= 0.6 is 11.3 Å². The number of aromatic nitrogens is 2. The lowest BCUT2D eigenvalue weighted by molar-refractivity contribution is 0.0996. The molecule has 0 unspecified atom stereocenters. The van der Waals surface area contributed by atoms with Crippen LogP contribution in [0.2, 0.25) is 0 Å². The summed E-state index contributed by atoms with van der Waals surface area (Å²) in [4.78, 5) is 18.8. The summed E-state index contributed by atoms with van der Waals surface area (Å²) in [5, 5.41) is 4.28. The summed E-state index contributed by atoms with van der Waals surface area (Å²) in [6, 6.07) is 0. The Kier molecular flexibility index (Phi) is 2.05. The summed E-state index contributed by atoms with van der Waals surface area (Å²) in [5.74, 6) is 0.350. The normalized spacial score (nSPS) is 9.85. The average molecular weight is 195 g/mol. The van der Waals surface area contributed by atoms with Gasteiger partial charge < -0.3 is 9.73 Å². The summed E-state index contributed by atoms with van der Waals surface area (Å²) in [6.07, 6.45) is 2.55. The van der Waals surface area contributed by atoms with Gasteiger partial charge in [-0.2, -0.15) is 0 Å². The van der Waals surface area contributed by atoms with Gasteiger partial charge in [0.25, 0.3) is 5.91 Å². The van der Waals surface area contributed by atoms with E-state index in [1.807, 2.05) is 0 Å². The Balaban J connectivity index is 2.08. The number of carbonyl (C=O) groups is 1. The SMILES string of the molecule is O=C(Nc1cscn1)c1cnco1. The van der Waals surface area contributed by atoms with Crippen molar-refractivity contribution < 1.29 is 9.21 Å². The molecule has 1 amide bonds. The monoisotopic (exact) mass is 195 g/mol. The Labute approximate surface area is 77.4 Å². The minimum absolute atomic E-state index is 0.174.